The summed E-state index contributed by atoms with van der Waals surface area (Å²) in [6, 6.07) is 0. The Morgan fingerprint density at radius 1 is 1.33 bits per heavy atom. The normalized spacial score (nSPS) is 27.0. The first kappa shape index (κ1) is 7.90. The van der Waals surface area contributed by atoms with E-state index in [9.17, 15) is 4.79 Å². The van der Waals surface area contributed by atoms with Crippen LogP contribution in [0.3, 0.4) is 0 Å². The molecule has 2 aliphatic rings. The maximum absolute atomic E-state index is 10.5. The van der Waals surface area contributed by atoms with Gasteiger partial charge < -0.3 is 10.4 Å². The lowest BCUT2D eigenvalue weighted by molar-refractivity contribution is 0.181. The first-order valence-corrected chi connectivity index (χ1v) is 4.74. The van der Waals surface area contributed by atoms with E-state index in [0.29, 0.717) is 5.92 Å². The lowest BCUT2D eigenvalue weighted by Gasteiger charge is -2.22. The Kier molecular flexibility index (Phi) is 1.74. The van der Waals surface area contributed by atoms with Crippen LogP contribution in [0.15, 0.2) is 0 Å². The average molecular weight is 169 g/mol. The van der Waals surface area contributed by atoms with Crippen LogP contribution in [-0.4, -0.2) is 16.7 Å². The van der Waals surface area contributed by atoms with E-state index in [-0.39, 0.29) is 5.54 Å². The fourth-order valence-corrected chi connectivity index (χ4v) is 2.46. The number of hydrogen-bond donors (Lipinski definition) is 2. The minimum absolute atomic E-state index is 0.00231. The van der Waals surface area contributed by atoms with E-state index in [1.165, 1.54) is 25.7 Å². The summed E-state index contributed by atoms with van der Waals surface area (Å²) in [4.78, 5) is 10.5. The van der Waals surface area contributed by atoms with Crippen molar-refractivity contribution < 1.29 is 9.90 Å². The monoisotopic (exact) mass is 169 g/mol. The third-order valence-electron chi connectivity index (χ3n) is 3.28. The summed E-state index contributed by atoms with van der Waals surface area (Å²) < 4.78 is 0. The Morgan fingerprint density at radius 3 is 2.33 bits per heavy atom. The minimum atomic E-state index is -0.848. The van der Waals surface area contributed by atoms with E-state index in [0.717, 1.165) is 12.8 Å². The standard InChI is InChI=1S/C9H15NO2/c11-8(12)10-9(5-6-9)7-3-1-2-4-7/h7,10H,1-6H2,(H,11,12). The highest BCUT2D eigenvalue weighted by molar-refractivity contribution is 5.66. The fraction of sp³-hybridized carbons (Fsp3) is 0.889. The molecule has 0 aromatic carbocycles. The van der Waals surface area contributed by atoms with E-state index in [2.05, 4.69) is 5.32 Å². The number of nitrogens with one attached hydrogen (secondary N) is 1. The highest BCUT2D eigenvalue weighted by atomic mass is 16.4. The van der Waals surface area contributed by atoms with Crippen molar-refractivity contribution in [3.05, 3.63) is 0 Å². The summed E-state index contributed by atoms with van der Waals surface area (Å²) in [5, 5.41) is 11.3. The molecule has 2 saturated carbocycles. The van der Waals surface area contributed by atoms with Crippen molar-refractivity contribution in [3.8, 4) is 0 Å². The SMILES string of the molecule is O=C(O)NC1(C2CCCC2)CC1. The zero-order valence-electron chi connectivity index (χ0n) is 7.18. The summed E-state index contributed by atoms with van der Waals surface area (Å²) in [5.41, 5.74) is 0.00231. The Hall–Kier alpha value is -0.730. The van der Waals surface area contributed by atoms with Gasteiger partial charge in [-0.25, -0.2) is 4.79 Å². The van der Waals surface area contributed by atoms with Gasteiger partial charge in [0.1, 0.15) is 0 Å². The lowest BCUT2D eigenvalue weighted by Crippen LogP contribution is -2.40. The van der Waals surface area contributed by atoms with Crippen molar-refractivity contribution in [2.75, 3.05) is 0 Å². The van der Waals surface area contributed by atoms with Crippen molar-refractivity contribution in [1.82, 2.24) is 5.32 Å². The summed E-state index contributed by atoms with van der Waals surface area (Å²) >= 11 is 0. The molecule has 3 nitrogen and oxygen atoms in total. The van der Waals surface area contributed by atoms with Gasteiger partial charge in [0.15, 0.2) is 0 Å². The molecule has 2 fully saturated rings. The second kappa shape index (κ2) is 2.64. The third kappa shape index (κ3) is 1.28. The van der Waals surface area contributed by atoms with E-state index in [4.69, 9.17) is 5.11 Å². The van der Waals surface area contributed by atoms with E-state index < -0.39 is 6.09 Å². The molecule has 2 N–H and O–H groups in total. The van der Waals surface area contributed by atoms with Crippen molar-refractivity contribution in [3.63, 3.8) is 0 Å². The second-order valence-corrected chi connectivity index (χ2v) is 4.07. The topological polar surface area (TPSA) is 49.3 Å². The molecule has 2 aliphatic carbocycles. The highest BCUT2D eigenvalue weighted by Gasteiger charge is 2.50. The third-order valence-corrected chi connectivity index (χ3v) is 3.28. The molecule has 0 aliphatic heterocycles. The van der Waals surface area contributed by atoms with Gasteiger partial charge in [-0.3, -0.25) is 0 Å². The molecular formula is C9H15NO2. The van der Waals surface area contributed by atoms with Crippen LogP contribution in [0, 0.1) is 5.92 Å². The van der Waals surface area contributed by atoms with Crippen LogP contribution in [0.25, 0.3) is 0 Å². The van der Waals surface area contributed by atoms with Gasteiger partial charge in [-0.2, -0.15) is 0 Å². The smallest absolute Gasteiger partial charge is 0.405 e. The minimum Gasteiger partial charge on any atom is -0.465 e. The molecule has 0 unspecified atom stereocenters. The van der Waals surface area contributed by atoms with Crippen LogP contribution in [0.5, 0.6) is 0 Å². The molecule has 3 heteroatoms. The number of rotatable bonds is 2. The van der Waals surface area contributed by atoms with Crippen LogP contribution >= 0.6 is 0 Å². The molecule has 0 radical (unpaired) electrons. The summed E-state index contributed by atoms with van der Waals surface area (Å²) in [7, 11) is 0. The molecule has 0 heterocycles. The van der Waals surface area contributed by atoms with Crippen LogP contribution in [-0.2, 0) is 0 Å². The van der Waals surface area contributed by atoms with Gasteiger partial charge in [-0.15, -0.1) is 0 Å². The molecule has 1 amide bonds. The predicted octanol–water partition coefficient (Wildman–Crippen LogP) is 1.98. The zero-order chi connectivity index (χ0) is 8.60. The quantitative estimate of drug-likeness (QED) is 0.664. The maximum atomic E-state index is 10.5. The summed E-state index contributed by atoms with van der Waals surface area (Å²) in [6.07, 6.45) is 6.29. The van der Waals surface area contributed by atoms with Gasteiger partial charge in [0, 0.05) is 5.54 Å². The average Bonchev–Trinajstić information content (AvgIpc) is 2.61. The molecule has 68 valence electrons. The van der Waals surface area contributed by atoms with Crippen LogP contribution in [0.1, 0.15) is 38.5 Å². The molecule has 12 heavy (non-hydrogen) atoms. The summed E-state index contributed by atoms with van der Waals surface area (Å²) in [6.45, 7) is 0. The van der Waals surface area contributed by atoms with Gasteiger partial charge in [-0.1, -0.05) is 12.8 Å². The Balaban J connectivity index is 1.95. The van der Waals surface area contributed by atoms with Crippen LogP contribution < -0.4 is 5.32 Å². The Labute approximate surface area is 72.2 Å². The van der Waals surface area contributed by atoms with Crippen molar-refractivity contribution in [2.45, 2.75) is 44.1 Å². The molecule has 0 spiro atoms. The molecule has 0 saturated heterocycles. The van der Waals surface area contributed by atoms with Crippen LogP contribution in [0.2, 0.25) is 0 Å². The number of carboxylic acid groups (broad SMARTS) is 1. The Morgan fingerprint density at radius 2 is 1.92 bits per heavy atom. The van der Waals surface area contributed by atoms with Gasteiger partial charge in [0.05, 0.1) is 0 Å². The van der Waals surface area contributed by atoms with E-state index in [1.807, 2.05) is 0 Å². The predicted molar refractivity (Wildman–Crippen MR) is 45.1 cm³/mol. The maximum Gasteiger partial charge on any atom is 0.405 e. The highest BCUT2D eigenvalue weighted by Crippen LogP contribution is 2.49. The first-order valence-electron chi connectivity index (χ1n) is 4.74. The molecule has 0 atom stereocenters. The largest absolute Gasteiger partial charge is 0.465 e. The van der Waals surface area contributed by atoms with Crippen LogP contribution in [0.4, 0.5) is 4.79 Å². The molecule has 0 aromatic rings. The van der Waals surface area contributed by atoms with E-state index >= 15 is 0 Å². The molecule has 2 rings (SSSR count). The number of carbonyl (C=O) groups is 1. The second-order valence-electron chi connectivity index (χ2n) is 4.07. The van der Waals surface area contributed by atoms with Gasteiger partial charge >= 0.3 is 6.09 Å². The van der Waals surface area contributed by atoms with Crippen molar-refractivity contribution in [2.24, 2.45) is 5.92 Å². The van der Waals surface area contributed by atoms with E-state index in [1.54, 1.807) is 0 Å². The summed E-state index contributed by atoms with van der Waals surface area (Å²) in [5.74, 6) is 0.633. The number of hydrogen-bond acceptors (Lipinski definition) is 1. The molecule has 0 aromatic heterocycles. The number of amides is 1. The lowest BCUT2D eigenvalue weighted by atomic mass is 9.96. The molecular weight excluding hydrogens is 154 g/mol. The van der Waals surface area contributed by atoms with Gasteiger partial charge in [0.2, 0.25) is 0 Å². The van der Waals surface area contributed by atoms with Gasteiger partial charge in [-0.05, 0) is 31.6 Å². The van der Waals surface area contributed by atoms with Crippen molar-refractivity contribution >= 4 is 6.09 Å². The first-order chi connectivity index (χ1) is 5.73. The fourth-order valence-electron chi connectivity index (χ4n) is 2.46. The van der Waals surface area contributed by atoms with Gasteiger partial charge in [0.25, 0.3) is 0 Å². The molecule has 0 bridgehead atoms. The van der Waals surface area contributed by atoms with Crippen molar-refractivity contribution in [1.29, 1.82) is 0 Å². The Bertz CT molecular complexity index is 193. The zero-order valence-corrected chi connectivity index (χ0v) is 7.18.